The Morgan fingerprint density at radius 3 is 2.37 bits per heavy atom. The largest absolute Gasteiger partial charge is 0.451 e. The first-order chi connectivity index (χ1) is 12.7. The van der Waals surface area contributed by atoms with E-state index in [1.807, 2.05) is 0 Å². The van der Waals surface area contributed by atoms with E-state index < -0.39 is 29.1 Å². The molecule has 0 aliphatic heterocycles. The molecule has 0 heterocycles. The molecule has 0 aromatic heterocycles. The fourth-order valence-electron chi connectivity index (χ4n) is 1.86. The van der Waals surface area contributed by atoms with Crippen molar-refractivity contribution in [2.75, 3.05) is 6.26 Å². The third kappa shape index (κ3) is 5.33. The molecule has 2 aromatic carbocycles. The van der Waals surface area contributed by atoms with E-state index in [4.69, 9.17) is 10.00 Å². The molecular weight excluding hydrogens is 457 g/mol. The number of hydrogen-bond acceptors (Lipinski definition) is 4. The van der Waals surface area contributed by atoms with Crippen molar-refractivity contribution >= 4 is 38.5 Å². The summed E-state index contributed by atoms with van der Waals surface area (Å²) in [5.41, 5.74) is -1.19. The maximum absolute atomic E-state index is 13.9. The second-order valence-corrected chi connectivity index (χ2v) is 6.49. The molecular formula is C16H9BrF5N3OS. The van der Waals surface area contributed by atoms with E-state index in [2.05, 4.69) is 26.2 Å². The van der Waals surface area contributed by atoms with Crippen LogP contribution in [0.25, 0.3) is 0 Å². The van der Waals surface area contributed by atoms with Crippen LogP contribution in [0.4, 0.5) is 27.6 Å². The summed E-state index contributed by atoms with van der Waals surface area (Å²) in [6, 6.07) is 4.42. The molecule has 0 fully saturated rings. The van der Waals surface area contributed by atoms with E-state index in [-0.39, 0.29) is 28.7 Å². The fraction of sp³-hybridized carbons (Fsp3) is 0.125. The van der Waals surface area contributed by atoms with Crippen LogP contribution < -0.4 is 10.1 Å². The molecule has 2 aromatic rings. The highest BCUT2D eigenvalue weighted by Crippen LogP contribution is 2.37. The molecule has 0 aliphatic carbocycles. The van der Waals surface area contributed by atoms with Gasteiger partial charge in [0.25, 0.3) is 0 Å². The zero-order valence-corrected chi connectivity index (χ0v) is 15.8. The van der Waals surface area contributed by atoms with Crippen molar-refractivity contribution in [3.63, 3.8) is 0 Å². The lowest BCUT2D eigenvalue weighted by atomic mass is 10.2. The Morgan fingerprint density at radius 1 is 1.22 bits per heavy atom. The Kier molecular flexibility index (Phi) is 6.67. The first-order valence-electron chi connectivity index (χ1n) is 6.97. The number of nitriles is 1. The maximum Gasteiger partial charge on any atom is 0.416 e. The predicted octanol–water partition coefficient (Wildman–Crippen LogP) is 5.96. The molecule has 0 radical (unpaired) electrons. The van der Waals surface area contributed by atoms with Crippen LogP contribution in [0.2, 0.25) is 0 Å². The summed E-state index contributed by atoms with van der Waals surface area (Å²) in [4.78, 5) is 4.14. The van der Waals surface area contributed by atoms with Crippen LogP contribution in [0.3, 0.4) is 0 Å². The molecule has 142 valence electrons. The van der Waals surface area contributed by atoms with Crippen LogP contribution in [0, 0.1) is 23.1 Å². The minimum Gasteiger partial charge on any atom is -0.451 e. The molecule has 0 spiro atoms. The minimum absolute atomic E-state index is 0.0630. The van der Waals surface area contributed by atoms with Gasteiger partial charge in [-0.25, -0.2) is 13.8 Å². The third-order valence-corrected chi connectivity index (χ3v) is 4.29. The average molecular weight is 466 g/mol. The van der Waals surface area contributed by atoms with Gasteiger partial charge in [0.15, 0.2) is 28.7 Å². The highest BCUT2D eigenvalue weighted by Gasteiger charge is 2.33. The molecule has 0 unspecified atom stereocenters. The lowest BCUT2D eigenvalue weighted by molar-refractivity contribution is -0.138. The summed E-state index contributed by atoms with van der Waals surface area (Å²) in [5, 5.41) is 11.2. The van der Waals surface area contributed by atoms with Crippen molar-refractivity contribution in [2.24, 2.45) is 4.99 Å². The molecule has 27 heavy (non-hydrogen) atoms. The first-order valence-corrected chi connectivity index (χ1v) is 8.99. The number of hydrogen-bond donors (Lipinski definition) is 1. The van der Waals surface area contributed by atoms with Gasteiger partial charge in [0.2, 0.25) is 0 Å². The average Bonchev–Trinajstić information content (AvgIpc) is 2.59. The smallest absolute Gasteiger partial charge is 0.416 e. The van der Waals surface area contributed by atoms with Crippen molar-refractivity contribution < 1.29 is 26.7 Å². The van der Waals surface area contributed by atoms with Crippen molar-refractivity contribution in [1.82, 2.24) is 5.32 Å². The van der Waals surface area contributed by atoms with Gasteiger partial charge in [0.05, 0.1) is 11.3 Å². The van der Waals surface area contributed by atoms with Gasteiger partial charge in [0.1, 0.15) is 5.75 Å². The van der Waals surface area contributed by atoms with Gasteiger partial charge in [-0.05, 0) is 46.5 Å². The standard InChI is InChI=1S/C16H9BrF5N3OS/c1-27-15(24-7-23)25-13-6-9(2-3-10(13)17)26-14-11(18)4-8(5-12(14)19)16(20,21)22/h2-6H,1H3,(H,24,25). The number of nitrogens with zero attached hydrogens (tertiary/aromatic N) is 2. The summed E-state index contributed by atoms with van der Waals surface area (Å²) in [7, 11) is 0. The number of thioether (sulfide) groups is 1. The van der Waals surface area contributed by atoms with Crippen molar-refractivity contribution in [3.8, 4) is 17.7 Å². The molecule has 0 bridgehead atoms. The second-order valence-electron chi connectivity index (χ2n) is 4.84. The molecule has 0 amide bonds. The molecule has 0 atom stereocenters. The Balaban J connectivity index is 2.39. The summed E-state index contributed by atoms with van der Waals surface area (Å²) in [6.07, 6.45) is -1.51. The van der Waals surface area contributed by atoms with Crippen molar-refractivity contribution in [2.45, 2.75) is 6.18 Å². The van der Waals surface area contributed by atoms with Gasteiger partial charge in [0, 0.05) is 10.5 Å². The van der Waals surface area contributed by atoms with Crippen LogP contribution in [-0.4, -0.2) is 11.4 Å². The monoisotopic (exact) mass is 465 g/mol. The Morgan fingerprint density at radius 2 is 1.85 bits per heavy atom. The van der Waals surface area contributed by atoms with Crippen LogP contribution in [-0.2, 0) is 6.18 Å². The summed E-state index contributed by atoms with van der Waals surface area (Å²) in [5.74, 6) is -4.02. The second kappa shape index (κ2) is 8.58. The zero-order valence-electron chi connectivity index (χ0n) is 13.4. The number of benzene rings is 2. The highest BCUT2D eigenvalue weighted by molar-refractivity contribution is 9.10. The van der Waals surface area contributed by atoms with E-state index in [1.165, 1.54) is 18.2 Å². The first kappa shape index (κ1) is 21.0. The molecule has 11 heteroatoms. The zero-order chi connectivity index (χ0) is 20.2. The molecule has 4 nitrogen and oxygen atoms in total. The highest BCUT2D eigenvalue weighted by atomic mass is 79.9. The van der Waals surface area contributed by atoms with E-state index >= 15 is 0 Å². The van der Waals surface area contributed by atoms with Gasteiger partial charge in [-0.1, -0.05) is 11.8 Å². The lowest BCUT2D eigenvalue weighted by Gasteiger charge is -2.12. The number of halogens is 6. The summed E-state index contributed by atoms with van der Waals surface area (Å²) < 4.78 is 71.2. The van der Waals surface area contributed by atoms with E-state index in [1.54, 1.807) is 12.4 Å². The van der Waals surface area contributed by atoms with Gasteiger partial charge in [-0.15, -0.1) is 0 Å². The van der Waals surface area contributed by atoms with E-state index in [0.29, 0.717) is 4.47 Å². The Bertz CT molecular complexity index is 904. The summed E-state index contributed by atoms with van der Waals surface area (Å²) in [6.45, 7) is 0. The quantitative estimate of drug-likeness (QED) is 0.200. The van der Waals surface area contributed by atoms with Crippen LogP contribution in [0.15, 0.2) is 39.8 Å². The molecule has 1 N–H and O–H groups in total. The van der Waals surface area contributed by atoms with Crippen LogP contribution >= 0.6 is 27.7 Å². The van der Waals surface area contributed by atoms with Crippen molar-refractivity contribution in [1.29, 1.82) is 5.26 Å². The number of ether oxygens (including phenoxy) is 1. The molecule has 0 saturated heterocycles. The Labute approximate surface area is 163 Å². The van der Waals surface area contributed by atoms with Crippen LogP contribution in [0.1, 0.15) is 5.56 Å². The Hall–Kier alpha value is -2.32. The maximum atomic E-state index is 13.9. The van der Waals surface area contributed by atoms with Gasteiger partial charge >= 0.3 is 6.18 Å². The fourth-order valence-corrected chi connectivity index (χ4v) is 2.54. The topological polar surface area (TPSA) is 57.4 Å². The number of nitrogens with one attached hydrogen (secondary N) is 1. The van der Waals surface area contributed by atoms with Gasteiger partial charge in [-0.2, -0.15) is 18.4 Å². The molecule has 0 saturated carbocycles. The van der Waals surface area contributed by atoms with E-state index in [9.17, 15) is 22.0 Å². The van der Waals surface area contributed by atoms with Crippen LogP contribution in [0.5, 0.6) is 11.5 Å². The van der Waals surface area contributed by atoms with Gasteiger partial charge in [-0.3, -0.25) is 5.32 Å². The van der Waals surface area contributed by atoms with Crippen molar-refractivity contribution in [3.05, 3.63) is 52.0 Å². The number of amidine groups is 1. The SMILES string of the molecule is CSC(=Nc1cc(Oc2c(F)cc(C(F)(F)F)cc2F)ccc1Br)NC#N. The molecule has 2 rings (SSSR count). The predicted molar refractivity (Wildman–Crippen MR) is 94.9 cm³/mol. The number of alkyl halides is 3. The molecule has 0 aliphatic rings. The van der Waals surface area contributed by atoms with Gasteiger partial charge < -0.3 is 4.74 Å². The number of aliphatic imine (C=N–C) groups is 1. The summed E-state index contributed by atoms with van der Waals surface area (Å²) >= 11 is 4.37. The normalized spacial score (nSPS) is 11.9. The van der Waals surface area contributed by atoms with E-state index in [0.717, 1.165) is 11.8 Å². The number of rotatable bonds is 3. The lowest BCUT2D eigenvalue weighted by Crippen LogP contribution is -2.12. The minimum atomic E-state index is -4.89. The third-order valence-electron chi connectivity index (χ3n) is 3.04.